The average Bonchev–Trinajstić information content (AvgIpc) is 2.61. The van der Waals surface area contributed by atoms with Crippen LogP contribution in [0.2, 0.25) is 0 Å². The fraction of sp³-hybridized carbons (Fsp3) is 0.0435. The molecular formula is C23H18. The van der Waals surface area contributed by atoms with Crippen LogP contribution in [0.25, 0.3) is 33.0 Å². The second kappa shape index (κ2) is 5.73. The highest BCUT2D eigenvalue weighted by Crippen LogP contribution is 2.27. The molecule has 0 heteroatoms. The summed E-state index contributed by atoms with van der Waals surface area (Å²) in [7, 11) is 0. The maximum atomic E-state index is 2.26. The van der Waals surface area contributed by atoms with E-state index in [2.05, 4.69) is 97.9 Å². The molecule has 110 valence electrons. The molecule has 23 heavy (non-hydrogen) atoms. The zero-order chi connectivity index (χ0) is 15.6. The Morgan fingerprint density at radius 3 is 1.74 bits per heavy atom. The highest BCUT2D eigenvalue weighted by molar-refractivity contribution is 5.87. The Morgan fingerprint density at radius 1 is 0.435 bits per heavy atom. The van der Waals surface area contributed by atoms with Crippen LogP contribution in [0.4, 0.5) is 0 Å². The quantitative estimate of drug-likeness (QED) is 0.397. The van der Waals surface area contributed by atoms with E-state index in [9.17, 15) is 0 Å². The molecule has 0 amide bonds. The van der Waals surface area contributed by atoms with Gasteiger partial charge >= 0.3 is 0 Å². The minimum atomic E-state index is 1.26. The predicted octanol–water partition coefficient (Wildman–Crippen LogP) is 6.48. The first-order valence-electron chi connectivity index (χ1n) is 7.96. The first-order valence-corrected chi connectivity index (χ1v) is 7.96. The molecule has 0 spiro atoms. The predicted molar refractivity (Wildman–Crippen MR) is 99.6 cm³/mol. The molecule has 0 radical (unpaired) electrons. The third-order valence-electron chi connectivity index (χ3n) is 4.32. The largest absolute Gasteiger partial charge is 0.0616 e. The molecule has 0 N–H and O–H groups in total. The second-order valence-electron chi connectivity index (χ2n) is 6.01. The standard InChI is InChI=1S/C23H18/c1-17-5-4-8-21(15-17)19-9-11-20(12-10-19)23-14-13-18-6-2-3-7-22(18)16-23/h2-16H,1H3. The minimum absolute atomic E-state index is 1.26. The van der Waals surface area contributed by atoms with Gasteiger partial charge in [-0.3, -0.25) is 0 Å². The lowest BCUT2D eigenvalue weighted by molar-refractivity contribution is 1.47. The Balaban J connectivity index is 1.72. The van der Waals surface area contributed by atoms with Crippen LogP contribution < -0.4 is 0 Å². The average molecular weight is 294 g/mol. The van der Waals surface area contributed by atoms with E-state index in [-0.39, 0.29) is 0 Å². The first-order chi connectivity index (χ1) is 11.3. The fourth-order valence-corrected chi connectivity index (χ4v) is 3.05. The lowest BCUT2D eigenvalue weighted by Crippen LogP contribution is -1.82. The Bertz CT molecular complexity index is 962. The van der Waals surface area contributed by atoms with E-state index < -0.39 is 0 Å². The van der Waals surface area contributed by atoms with Crippen molar-refractivity contribution in [3.8, 4) is 22.3 Å². The van der Waals surface area contributed by atoms with Gasteiger partial charge in [0.25, 0.3) is 0 Å². The zero-order valence-electron chi connectivity index (χ0n) is 13.2. The van der Waals surface area contributed by atoms with Crippen LogP contribution >= 0.6 is 0 Å². The number of benzene rings is 4. The van der Waals surface area contributed by atoms with Crippen molar-refractivity contribution in [2.24, 2.45) is 0 Å². The van der Waals surface area contributed by atoms with Gasteiger partial charge in [0.15, 0.2) is 0 Å². The summed E-state index contributed by atoms with van der Waals surface area (Å²) >= 11 is 0. The highest BCUT2D eigenvalue weighted by atomic mass is 14.1. The number of rotatable bonds is 2. The van der Waals surface area contributed by atoms with Crippen LogP contribution in [-0.2, 0) is 0 Å². The van der Waals surface area contributed by atoms with Crippen molar-refractivity contribution < 1.29 is 0 Å². The van der Waals surface area contributed by atoms with Crippen molar-refractivity contribution in [2.45, 2.75) is 6.92 Å². The van der Waals surface area contributed by atoms with Gasteiger partial charge in [0, 0.05) is 0 Å². The Morgan fingerprint density at radius 2 is 1.04 bits per heavy atom. The molecule has 0 aromatic heterocycles. The maximum Gasteiger partial charge on any atom is -0.0178 e. The third-order valence-corrected chi connectivity index (χ3v) is 4.32. The van der Waals surface area contributed by atoms with Crippen LogP contribution in [-0.4, -0.2) is 0 Å². The molecule has 0 aliphatic heterocycles. The minimum Gasteiger partial charge on any atom is -0.0616 e. The van der Waals surface area contributed by atoms with E-state index in [1.807, 2.05) is 0 Å². The monoisotopic (exact) mass is 294 g/mol. The molecule has 0 aliphatic rings. The van der Waals surface area contributed by atoms with E-state index in [1.165, 1.54) is 38.6 Å². The van der Waals surface area contributed by atoms with Gasteiger partial charge in [-0.15, -0.1) is 0 Å². The summed E-state index contributed by atoms with van der Waals surface area (Å²) in [6, 6.07) is 32.6. The van der Waals surface area contributed by atoms with E-state index in [4.69, 9.17) is 0 Å². The summed E-state index contributed by atoms with van der Waals surface area (Å²) in [6.07, 6.45) is 0. The number of aryl methyl sites for hydroxylation is 1. The summed E-state index contributed by atoms with van der Waals surface area (Å²) in [5, 5.41) is 2.57. The SMILES string of the molecule is Cc1cccc(-c2ccc(-c3ccc4ccccc4c3)cc2)c1. The molecule has 0 fully saturated rings. The van der Waals surface area contributed by atoms with Crippen molar-refractivity contribution in [1.29, 1.82) is 0 Å². The van der Waals surface area contributed by atoms with Gasteiger partial charge in [0.1, 0.15) is 0 Å². The Hall–Kier alpha value is -2.86. The summed E-state index contributed by atoms with van der Waals surface area (Å²) in [5.41, 5.74) is 6.35. The second-order valence-corrected chi connectivity index (χ2v) is 6.01. The molecular weight excluding hydrogens is 276 g/mol. The van der Waals surface area contributed by atoms with Crippen molar-refractivity contribution in [3.05, 3.63) is 96.6 Å². The molecule has 0 saturated heterocycles. The van der Waals surface area contributed by atoms with Gasteiger partial charge < -0.3 is 0 Å². The molecule has 0 aliphatic carbocycles. The molecule has 0 nitrogen and oxygen atoms in total. The maximum absolute atomic E-state index is 2.26. The van der Waals surface area contributed by atoms with E-state index in [0.29, 0.717) is 0 Å². The lowest BCUT2D eigenvalue weighted by Gasteiger charge is -2.07. The van der Waals surface area contributed by atoms with Gasteiger partial charge in [-0.2, -0.15) is 0 Å². The van der Waals surface area contributed by atoms with Crippen LogP contribution in [0.1, 0.15) is 5.56 Å². The molecule has 0 saturated carbocycles. The molecule has 4 aromatic rings. The van der Waals surface area contributed by atoms with E-state index in [1.54, 1.807) is 0 Å². The van der Waals surface area contributed by atoms with Crippen LogP contribution in [0.3, 0.4) is 0 Å². The zero-order valence-corrected chi connectivity index (χ0v) is 13.2. The van der Waals surface area contributed by atoms with Crippen molar-refractivity contribution in [3.63, 3.8) is 0 Å². The van der Waals surface area contributed by atoms with Gasteiger partial charge in [0.2, 0.25) is 0 Å². The van der Waals surface area contributed by atoms with Gasteiger partial charge in [-0.05, 0) is 46.0 Å². The summed E-state index contributed by atoms with van der Waals surface area (Å²) < 4.78 is 0. The summed E-state index contributed by atoms with van der Waals surface area (Å²) in [4.78, 5) is 0. The third kappa shape index (κ3) is 2.76. The van der Waals surface area contributed by atoms with Crippen molar-refractivity contribution in [2.75, 3.05) is 0 Å². The summed E-state index contributed by atoms with van der Waals surface area (Å²) in [5.74, 6) is 0. The Kier molecular flexibility index (Phi) is 3.44. The van der Waals surface area contributed by atoms with Gasteiger partial charge in [-0.1, -0.05) is 90.5 Å². The normalized spacial score (nSPS) is 10.8. The van der Waals surface area contributed by atoms with Crippen molar-refractivity contribution in [1.82, 2.24) is 0 Å². The molecule has 0 heterocycles. The lowest BCUT2D eigenvalue weighted by atomic mass is 9.98. The van der Waals surface area contributed by atoms with E-state index >= 15 is 0 Å². The first kappa shape index (κ1) is 13.8. The van der Waals surface area contributed by atoms with Crippen LogP contribution in [0, 0.1) is 6.92 Å². The Labute approximate surface area is 137 Å². The topological polar surface area (TPSA) is 0 Å². The molecule has 0 unspecified atom stereocenters. The van der Waals surface area contributed by atoms with Crippen molar-refractivity contribution >= 4 is 10.8 Å². The molecule has 4 aromatic carbocycles. The van der Waals surface area contributed by atoms with Crippen LogP contribution in [0.5, 0.6) is 0 Å². The fourth-order valence-electron chi connectivity index (χ4n) is 3.05. The van der Waals surface area contributed by atoms with E-state index in [0.717, 1.165) is 0 Å². The molecule has 0 bridgehead atoms. The highest BCUT2D eigenvalue weighted by Gasteiger charge is 2.02. The summed E-state index contributed by atoms with van der Waals surface area (Å²) in [6.45, 7) is 2.13. The molecule has 0 atom stereocenters. The smallest absolute Gasteiger partial charge is 0.0178 e. The number of hydrogen-bond acceptors (Lipinski definition) is 0. The van der Waals surface area contributed by atoms with Gasteiger partial charge in [0.05, 0.1) is 0 Å². The number of hydrogen-bond donors (Lipinski definition) is 0. The van der Waals surface area contributed by atoms with Gasteiger partial charge in [-0.25, -0.2) is 0 Å². The molecule has 4 rings (SSSR count). The van der Waals surface area contributed by atoms with Crippen LogP contribution in [0.15, 0.2) is 91.0 Å². The number of fused-ring (bicyclic) bond motifs is 1.